The summed E-state index contributed by atoms with van der Waals surface area (Å²) in [6, 6.07) is 3.13. The Morgan fingerprint density at radius 3 is 2.28 bits per heavy atom. The smallest absolute Gasteiger partial charge is 0.0683 e. The molecule has 1 N–H and O–H groups in total. The third kappa shape index (κ3) is 7.01. The van der Waals surface area contributed by atoms with E-state index in [2.05, 4.69) is 11.4 Å². The molecule has 0 saturated heterocycles. The van der Waals surface area contributed by atoms with Crippen LogP contribution in [0.3, 0.4) is 0 Å². The van der Waals surface area contributed by atoms with Gasteiger partial charge in [-0.1, -0.05) is 38.5 Å². The first-order valence-electron chi connectivity index (χ1n) is 7.79. The highest BCUT2D eigenvalue weighted by molar-refractivity contribution is 4.91. The van der Waals surface area contributed by atoms with Crippen molar-refractivity contribution < 1.29 is 0 Å². The van der Waals surface area contributed by atoms with E-state index in [1.165, 1.54) is 57.8 Å². The maximum Gasteiger partial charge on any atom is 0.0683 e. The second-order valence-electron chi connectivity index (χ2n) is 6.45. The van der Waals surface area contributed by atoms with Gasteiger partial charge in [-0.15, -0.1) is 0 Å². The molecule has 0 radical (unpaired) electrons. The third-order valence-corrected chi connectivity index (χ3v) is 4.07. The number of nitriles is 1. The van der Waals surface area contributed by atoms with Crippen molar-refractivity contribution in [2.24, 2.45) is 5.41 Å². The Morgan fingerprint density at radius 1 is 1.06 bits per heavy atom. The lowest BCUT2D eigenvalue weighted by molar-refractivity contribution is 0.375. The number of nitrogens with zero attached hydrogens (tertiary/aromatic N) is 1. The standard InChI is InChI=1S/C16H30N2/c1-16(2,14-17)12-8-9-13-18-15-10-6-4-3-5-7-11-15/h15,18H,3-13H2,1-2H3. The highest BCUT2D eigenvalue weighted by atomic mass is 14.9. The lowest BCUT2D eigenvalue weighted by Crippen LogP contribution is -2.30. The van der Waals surface area contributed by atoms with Crippen LogP contribution in [0.1, 0.15) is 78.1 Å². The van der Waals surface area contributed by atoms with E-state index in [0.717, 1.165) is 19.0 Å². The van der Waals surface area contributed by atoms with Crippen LogP contribution in [0.15, 0.2) is 0 Å². The third-order valence-electron chi connectivity index (χ3n) is 4.07. The zero-order chi connectivity index (χ0) is 13.3. The van der Waals surface area contributed by atoms with Gasteiger partial charge in [0.05, 0.1) is 11.5 Å². The van der Waals surface area contributed by atoms with Crippen LogP contribution in [0.4, 0.5) is 0 Å². The number of rotatable bonds is 6. The number of unbranched alkanes of at least 4 members (excludes halogenated alkanes) is 1. The number of hydrogen-bond donors (Lipinski definition) is 1. The van der Waals surface area contributed by atoms with E-state index in [1.807, 2.05) is 13.8 Å². The van der Waals surface area contributed by atoms with Gasteiger partial charge in [-0.05, 0) is 46.1 Å². The Morgan fingerprint density at radius 2 is 1.67 bits per heavy atom. The van der Waals surface area contributed by atoms with Crippen LogP contribution in [0.2, 0.25) is 0 Å². The van der Waals surface area contributed by atoms with Crippen molar-refractivity contribution in [3.63, 3.8) is 0 Å². The normalized spacial score (nSPS) is 18.9. The molecule has 0 atom stereocenters. The number of nitrogens with one attached hydrogen (secondary N) is 1. The van der Waals surface area contributed by atoms with Gasteiger partial charge in [0, 0.05) is 6.04 Å². The maximum absolute atomic E-state index is 8.95. The Bertz CT molecular complexity index is 244. The van der Waals surface area contributed by atoms with E-state index in [9.17, 15) is 0 Å². The van der Waals surface area contributed by atoms with Gasteiger partial charge >= 0.3 is 0 Å². The zero-order valence-corrected chi connectivity index (χ0v) is 12.3. The van der Waals surface area contributed by atoms with E-state index in [-0.39, 0.29) is 5.41 Å². The van der Waals surface area contributed by atoms with E-state index < -0.39 is 0 Å². The summed E-state index contributed by atoms with van der Waals surface area (Å²) in [5.74, 6) is 0. The largest absolute Gasteiger partial charge is 0.314 e. The fraction of sp³-hybridized carbons (Fsp3) is 0.938. The van der Waals surface area contributed by atoms with Crippen LogP contribution >= 0.6 is 0 Å². The summed E-state index contributed by atoms with van der Waals surface area (Å²) in [7, 11) is 0. The van der Waals surface area contributed by atoms with E-state index in [0.29, 0.717) is 0 Å². The molecule has 1 rings (SSSR count). The molecule has 0 aromatic rings. The SMILES string of the molecule is CC(C)(C#N)CCCCNC1CCCCCCC1. The second-order valence-corrected chi connectivity index (χ2v) is 6.45. The molecule has 2 heteroatoms. The van der Waals surface area contributed by atoms with Crippen LogP contribution in [0.5, 0.6) is 0 Å². The fourth-order valence-electron chi connectivity index (χ4n) is 2.71. The summed E-state index contributed by atoms with van der Waals surface area (Å²) in [6.45, 7) is 5.20. The quantitative estimate of drug-likeness (QED) is 0.709. The molecule has 1 aliphatic carbocycles. The first-order valence-corrected chi connectivity index (χ1v) is 7.79. The Kier molecular flexibility index (Phi) is 7.35. The Balaban J connectivity index is 2.04. The van der Waals surface area contributed by atoms with Gasteiger partial charge in [-0.25, -0.2) is 0 Å². The molecule has 0 amide bonds. The van der Waals surface area contributed by atoms with E-state index in [4.69, 9.17) is 5.26 Å². The highest BCUT2D eigenvalue weighted by Crippen LogP contribution is 2.21. The molecule has 0 spiro atoms. The van der Waals surface area contributed by atoms with Crippen LogP contribution in [0.25, 0.3) is 0 Å². The molecular formula is C16H30N2. The number of hydrogen-bond acceptors (Lipinski definition) is 2. The van der Waals surface area contributed by atoms with Crippen LogP contribution in [-0.2, 0) is 0 Å². The summed E-state index contributed by atoms with van der Waals surface area (Å²) in [4.78, 5) is 0. The molecule has 1 saturated carbocycles. The van der Waals surface area contributed by atoms with Crippen molar-refractivity contribution in [2.45, 2.75) is 84.1 Å². The molecule has 1 aliphatic rings. The predicted molar refractivity (Wildman–Crippen MR) is 77.4 cm³/mol. The molecule has 0 aromatic carbocycles. The topological polar surface area (TPSA) is 35.8 Å². The van der Waals surface area contributed by atoms with Crippen molar-refractivity contribution in [3.8, 4) is 6.07 Å². The molecule has 0 unspecified atom stereocenters. The minimum absolute atomic E-state index is 0.139. The Hall–Kier alpha value is -0.550. The van der Waals surface area contributed by atoms with Crippen molar-refractivity contribution in [1.29, 1.82) is 5.26 Å². The molecule has 2 nitrogen and oxygen atoms in total. The zero-order valence-electron chi connectivity index (χ0n) is 12.3. The van der Waals surface area contributed by atoms with Gasteiger partial charge in [0.1, 0.15) is 0 Å². The summed E-state index contributed by atoms with van der Waals surface area (Å²) in [5, 5.41) is 12.7. The van der Waals surface area contributed by atoms with Crippen LogP contribution < -0.4 is 5.32 Å². The minimum Gasteiger partial charge on any atom is -0.314 e. The van der Waals surface area contributed by atoms with Crippen LogP contribution in [-0.4, -0.2) is 12.6 Å². The highest BCUT2D eigenvalue weighted by Gasteiger charge is 2.15. The molecule has 104 valence electrons. The van der Waals surface area contributed by atoms with E-state index in [1.54, 1.807) is 0 Å². The molecule has 0 bridgehead atoms. The fourth-order valence-corrected chi connectivity index (χ4v) is 2.71. The summed E-state index contributed by atoms with van der Waals surface area (Å²) < 4.78 is 0. The second kappa shape index (κ2) is 8.53. The van der Waals surface area contributed by atoms with Crippen LogP contribution in [0, 0.1) is 16.7 Å². The average molecular weight is 250 g/mol. The van der Waals surface area contributed by atoms with E-state index >= 15 is 0 Å². The Labute approximate surface area is 113 Å². The summed E-state index contributed by atoms with van der Waals surface area (Å²) in [5.41, 5.74) is -0.139. The summed E-state index contributed by atoms with van der Waals surface area (Å²) >= 11 is 0. The maximum atomic E-state index is 8.95. The molecule has 0 heterocycles. The molecular weight excluding hydrogens is 220 g/mol. The molecule has 18 heavy (non-hydrogen) atoms. The van der Waals surface area contributed by atoms with Crippen molar-refractivity contribution in [1.82, 2.24) is 5.32 Å². The van der Waals surface area contributed by atoms with Gasteiger partial charge in [-0.2, -0.15) is 5.26 Å². The van der Waals surface area contributed by atoms with Gasteiger partial charge in [-0.3, -0.25) is 0 Å². The molecule has 0 aliphatic heterocycles. The van der Waals surface area contributed by atoms with Gasteiger partial charge < -0.3 is 5.32 Å². The van der Waals surface area contributed by atoms with Gasteiger partial charge in [0.2, 0.25) is 0 Å². The van der Waals surface area contributed by atoms with Crippen molar-refractivity contribution >= 4 is 0 Å². The van der Waals surface area contributed by atoms with Gasteiger partial charge in [0.25, 0.3) is 0 Å². The molecule has 0 aromatic heterocycles. The first-order chi connectivity index (χ1) is 8.64. The predicted octanol–water partition coefficient (Wildman–Crippen LogP) is 4.41. The lowest BCUT2D eigenvalue weighted by atomic mass is 9.89. The average Bonchev–Trinajstić information content (AvgIpc) is 2.31. The molecule has 1 fully saturated rings. The monoisotopic (exact) mass is 250 g/mol. The minimum atomic E-state index is -0.139. The first kappa shape index (κ1) is 15.5. The van der Waals surface area contributed by atoms with Crippen molar-refractivity contribution in [3.05, 3.63) is 0 Å². The van der Waals surface area contributed by atoms with Gasteiger partial charge in [0.15, 0.2) is 0 Å². The summed E-state index contributed by atoms with van der Waals surface area (Å²) in [6.07, 6.45) is 13.2. The van der Waals surface area contributed by atoms with Crippen molar-refractivity contribution in [2.75, 3.05) is 6.54 Å². The lowest BCUT2D eigenvalue weighted by Gasteiger charge is -2.21.